The van der Waals surface area contributed by atoms with Crippen LogP contribution in [-0.4, -0.2) is 53.1 Å². The van der Waals surface area contributed by atoms with E-state index < -0.39 is 17.1 Å². The zero-order valence-electron chi connectivity index (χ0n) is 27.0. The number of hydrogen-bond donors (Lipinski definition) is 1. The topological polar surface area (TPSA) is 76.1 Å². The summed E-state index contributed by atoms with van der Waals surface area (Å²) in [6.07, 6.45) is 33.9. The molecule has 2 bridgehead atoms. The van der Waals surface area contributed by atoms with E-state index in [2.05, 4.69) is 85.7 Å². The van der Waals surface area contributed by atoms with Crippen molar-refractivity contribution in [2.75, 3.05) is 13.6 Å². The lowest BCUT2D eigenvalue weighted by Crippen LogP contribution is -2.76. The van der Waals surface area contributed by atoms with Crippen LogP contribution in [0.2, 0.25) is 0 Å². The molecule has 45 heavy (non-hydrogen) atoms. The van der Waals surface area contributed by atoms with E-state index in [9.17, 15) is 14.7 Å². The second-order valence-corrected chi connectivity index (χ2v) is 12.7. The number of hydrogen-bond acceptors (Lipinski definition) is 6. The van der Waals surface area contributed by atoms with Crippen molar-refractivity contribution in [1.82, 2.24) is 4.90 Å². The number of ketones is 1. The monoisotopic (exact) mass is 611 g/mol. The summed E-state index contributed by atoms with van der Waals surface area (Å²) in [5.74, 6) is 0.539. The Morgan fingerprint density at radius 2 is 1.53 bits per heavy atom. The number of carbonyl (C=O) groups is 2. The Morgan fingerprint density at radius 3 is 2.16 bits per heavy atom. The zero-order chi connectivity index (χ0) is 31.7. The summed E-state index contributed by atoms with van der Waals surface area (Å²) in [6.45, 7) is 2.94. The highest BCUT2D eigenvalue weighted by Gasteiger charge is 2.72. The van der Waals surface area contributed by atoms with Crippen LogP contribution in [0.1, 0.15) is 88.7 Å². The summed E-state index contributed by atoms with van der Waals surface area (Å²) in [5.41, 5.74) is 0.183. The van der Waals surface area contributed by atoms with Crippen LogP contribution in [0.4, 0.5) is 0 Å². The van der Waals surface area contributed by atoms with Crippen molar-refractivity contribution in [1.29, 1.82) is 0 Å². The molecule has 2 aliphatic heterocycles. The third-order valence-corrected chi connectivity index (χ3v) is 9.85. The molecule has 0 aromatic heterocycles. The number of nitrogens with zero attached hydrogens (tertiary/aromatic N) is 1. The lowest BCUT2D eigenvalue weighted by atomic mass is 9.49. The van der Waals surface area contributed by atoms with Crippen molar-refractivity contribution < 1.29 is 24.2 Å². The second kappa shape index (κ2) is 15.2. The number of likely N-dealkylation sites (tertiary alicyclic amines) is 1. The molecule has 1 aromatic carbocycles. The minimum absolute atomic E-state index is 0.0296. The quantitative estimate of drug-likeness (QED) is 0.126. The molecule has 1 aromatic rings. The predicted octanol–water partition coefficient (Wildman–Crippen LogP) is 7.42. The summed E-state index contributed by atoms with van der Waals surface area (Å²) >= 11 is 0. The van der Waals surface area contributed by atoms with Crippen molar-refractivity contribution in [3.8, 4) is 11.5 Å². The normalized spacial score (nSPS) is 27.6. The van der Waals surface area contributed by atoms with Crippen LogP contribution in [0.3, 0.4) is 0 Å². The second-order valence-electron chi connectivity index (χ2n) is 12.7. The van der Waals surface area contributed by atoms with Gasteiger partial charge in [0.2, 0.25) is 0 Å². The first-order valence-electron chi connectivity index (χ1n) is 16.8. The van der Waals surface area contributed by atoms with Crippen molar-refractivity contribution in [3.05, 3.63) is 96.2 Å². The average Bonchev–Trinajstić information content (AvgIpc) is 3.39. The van der Waals surface area contributed by atoms with Gasteiger partial charge in [-0.25, -0.2) is 0 Å². The molecule has 2 heterocycles. The lowest BCUT2D eigenvalue weighted by Gasteiger charge is -2.62. The number of esters is 1. The van der Waals surface area contributed by atoms with Crippen LogP contribution in [0.15, 0.2) is 85.0 Å². The van der Waals surface area contributed by atoms with Gasteiger partial charge in [-0.2, -0.15) is 0 Å². The number of benzene rings is 1. The fourth-order valence-electron chi connectivity index (χ4n) is 7.62. The molecule has 4 atom stereocenters. The molecule has 0 radical (unpaired) electrons. The molecule has 0 amide bonds. The van der Waals surface area contributed by atoms with Crippen LogP contribution < -0.4 is 9.47 Å². The molecule has 240 valence electrons. The average molecular weight is 612 g/mol. The molecule has 2 aliphatic carbocycles. The van der Waals surface area contributed by atoms with Gasteiger partial charge >= 0.3 is 5.97 Å². The van der Waals surface area contributed by atoms with E-state index >= 15 is 0 Å². The summed E-state index contributed by atoms with van der Waals surface area (Å²) < 4.78 is 12.1. The maximum absolute atomic E-state index is 13.1. The maximum atomic E-state index is 13.1. The van der Waals surface area contributed by atoms with Gasteiger partial charge in [-0.05, 0) is 89.4 Å². The summed E-state index contributed by atoms with van der Waals surface area (Å²) in [7, 11) is 2.05. The maximum Gasteiger partial charge on any atom is 0.311 e. The van der Waals surface area contributed by atoms with Gasteiger partial charge in [-0.3, -0.25) is 9.59 Å². The first-order chi connectivity index (χ1) is 21.9. The van der Waals surface area contributed by atoms with Gasteiger partial charge in [0.1, 0.15) is 0 Å². The van der Waals surface area contributed by atoms with Crippen molar-refractivity contribution in [2.45, 2.75) is 107 Å². The number of aliphatic hydroxyl groups is 1. The third-order valence-electron chi connectivity index (χ3n) is 9.85. The van der Waals surface area contributed by atoms with Crippen molar-refractivity contribution in [2.24, 2.45) is 0 Å². The highest BCUT2D eigenvalue weighted by molar-refractivity contribution is 5.90. The zero-order valence-corrected chi connectivity index (χ0v) is 27.0. The van der Waals surface area contributed by atoms with Crippen LogP contribution in [0.25, 0.3) is 0 Å². The van der Waals surface area contributed by atoms with E-state index in [0.29, 0.717) is 43.6 Å². The van der Waals surface area contributed by atoms with Crippen molar-refractivity contribution >= 4 is 11.8 Å². The number of carbonyl (C=O) groups excluding carboxylic acids is 2. The van der Waals surface area contributed by atoms with Crippen LogP contribution in [-0.2, 0) is 21.4 Å². The summed E-state index contributed by atoms with van der Waals surface area (Å²) in [5, 5.41) is 12.1. The Kier molecular flexibility index (Phi) is 11.1. The smallest absolute Gasteiger partial charge is 0.311 e. The fraction of sp³-hybridized carbons (Fsp3) is 0.487. The van der Waals surface area contributed by atoms with Gasteiger partial charge in [0, 0.05) is 24.4 Å². The van der Waals surface area contributed by atoms with E-state index in [1.807, 2.05) is 12.1 Å². The number of Topliss-reactive ketones (excluding diaryl/α,β-unsaturated/α-hetero) is 1. The van der Waals surface area contributed by atoms with E-state index in [-0.39, 0.29) is 24.2 Å². The van der Waals surface area contributed by atoms with Gasteiger partial charge < -0.3 is 19.5 Å². The van der Waals surface area contributed by atoms with Gasteiger partial charge in [-0.15, -0.1) is 0 Å². The Hall–Kier alpha value is -3.48. The Labute approximate surface area is 268 Å². The number of piperidine rings is 1. The summed E-state index contributed by atoms with van der Waals surface area (Å²) in [4.78, 5) is 28.1. The molecule has 1 saturated heterocycles. The SMILES string of the molecule is CC/C=C\C/C=C\C/C=C\C/C=C\C/C=C\C/C=C\CCC(=O)Oc1ccc2c3c1O[C@H]1C(=O)CC[C@@]4(O)[C@@H](C2)N(C)CC[C@]314. The largest absolute Gasteiger partial charge is 0.477 e. The lowest BCUT2D eigenvalue weighted by molar-refractivity contribution is -0.185. The first-order valence-corrected chi connectivity index (χ1v) is 16.8. The van der Waals surface area contributed by atoms with Crippen LogP contribution >= 0.6 is 0 Å². The fourth-order valence-corrected chi connectivity index (χ4v) is 7.62. The standard InChI is InChI=1S/C39H49NO5/c1-3-4-5-6-7-8-9-10-11-12-13-14-15-16-17-18-19-20-21-22-34(42)44-32-24-23-30-29-33-39(43)26-25-31(41)37-38(39,27-28-40(33)2)35(30)36(32)45-37/h4-5,7-8,10-11,13-14,16-17,19-20,23-24,33,37,43H,3,6,9,12,15,18,21-22,25-29H2,1-2H3/b5-4-,8-7-,11-10-,14-13-,17-16-,20-19-/t33-,37+,38+,39-/m1/s1. The van der Waals surface area contributed by atoms with Gasteiger partial charge in [0.15, 0.2) is 23.4 Å². The van der Waals surface area contributed by atoms with E-state index in [1.54, 1.807) is 6.07 Å². The van der Waals surface area contributed by atoms with Gasteiger partial charge in [-0.1, -0.05) is 85.9 Å². The highest BCUT2D eigenvalue weighted by atomic mass is 16.6. The number of allylic oxidation sites excluding steroid dienone is 12. The van der Waals surface area contributed by atoms with Crippen LogP contribution in [0, 0.1) is 0 Å². The Balaban J connectivity index is 1.04. The van der Waals surface area contributed by atoms with E-state index in [1.165, 1.54) is 0 Å². The molecular formula is C39H49NO5. The Morgan fingerprint density at radius 1 is 0.933 bits per heavy atom. The van der Waals surface area contributed by atoms with E-state index in [4.69, 9.17) is 9.47 Å². The molecular weight excluding hydrogens is 562 g/mol. The molecule has 1 spiro atoms. The number of rotatable bonds is 15. The van der Waals surface area contributed by atoms with Crippen LogP contribution in [0.5, 0.6) is 11.5 Å². The van der Waals surface area contributed by atoms with Gasteiger partial charge in [0.05, 0.1) is 11.0 Å². The number of likely N-dealkylation sites (N-methyl/N-ethyl adjacent to an activating group) is 1. The molecule has 1 saturated carbocycles. The molecule has 6 nitrogen and oxygen atoms in total. The first kappa shape index (κ1) is 32.9. The summed E-state index contributed by atoms with van der Waals surface area (Å²) in [6, 6.07) is 3.73. The Bertz CT molecular complexity index is 1400. The highest BCUT2D eigenvalue weighted by Crippen LogP contribution is 2.64. The molecule has 4 aliphatic rings. The minimum Gasteiger partial charge on any atom is -0.477 e. The number of ether oxygens (including phenoxy) is 2. The van der Waals surface area contributed by atoms with E-state index in [0.717, 1.165) is 56.2 Å². The molecule has 5 rings (SSSR count). The molecule has 6 heteroatoms. The minimum atomic E-state index is -1.03. The van der Waals surface area contributed by atoms with Crippen molar-refractivity contribution in [3.63, 3.8) is 0 Å². The molecule has 2 fully saturated rings. The molecule has 1 N–H and O–H groups in total. The van der Waals surface area contributed by atoms with Gasteiger partial charge in [0.25, 0.3) is 0 Å². The third kappa shape index (κ3) is 6.87. The predicted molar refractivity (Wildman–Crippen MR) is 180 cm³/mol. The molecule has 0 unspecified atom stereocenters.